The number of benzene rings is 1. The number of hydrogen-bond donors (Lipinski definition) is 2. The van der Waals surface area contributed by atoms with Crippen molar-refractivity contribution in [2.45, 2.75) is 0 Å². The molecule has 0 aliphatic rings. The van der Waals surface area contributed by atoms with Gasteiger partial charge in [0.05, 0.1) is 22.3 Å². The van der Waals surface area contributed by atoms with Crippen molar-refractivity contribution < 1.29 is 9.31 Å². The molecule has 0 heterocycles. The number of thiol groups is 1. The molecule has 0 aliphatic carbocycles. The number of nitrogens with zero attached hydrogens (tertiary/aromatic N) is 1. The van der Waals surface area contributed by atoms with Crippen LogP contribution in [0.3, 0.4) is 0 Å². The minimum atomic E-state index is -0.746. The summed E-state index contributed by atoms with van der Waals surface area (Å²) in [6, 6.07) is 1.82. The topological polar surface area (TPSA) is 69.2 Å². The summed E-state index contributed by atoms with van der Waals surface area (Å²) in [5, 5.41) is 10.5. The second-order valence-corrected chi connectivity index (χ2v) is 2.92. The summed E-state index contributed by atoms with van der Waals surface area (Å²) >= 11 is 3.84. The smallest absolute Gasteiger partial charge is 0.296 e. The Bertz CT molecular complexity index is 465. The van der Waals surface area contributed by atoms with Crippen LogP contribution in [0.1, 0.15) is 5.56 Å². The second-order valence-electron chi connectivity index (χ2n) is 2.60. The van der Waals surface area contributed by atoms with Crippen LogP contribution in [0.4, 0.5) is 15.8 Å². The summed E-state index contributed by atoms with van der Waals surface area (Å²) in [7, 11) is 0. The minimum Gasteiger partial charge on any atom is -0.392 e. The molecule has 2 N–H and O–H groups in total. The fraction of sp³-hybridized carbons (Fsp3) is 0.111. The fourth-order valence-electron chi connectivity index (χ4n) is 0.993. The van der Waals surface area contributed by atoms with Crippen LogP contribution in [0.5, 0.6) is 0 Å². The van der Waals surface area contributed by atoms with Crippen LogP contribution in [0.2, 0.25) is 0 Å². The Kier molecular flexibility index (Phi) is 3.52. The molecule has 0 saturated carbocycles. The molecule has 0 bridgehead atoms. The molecule has 78 valence electrons. The number of nitrogens with two attached hydrogens (primary N) is 1. The first-order valence-electron chi connectivity index (χ1n) is 3.89. The highest BCUT2D eigenvalue weighted by Crippen LogP contribution is 2.25. The van der Waals surface area contributed by atoms with Gasteiger partial charge in [0.15, 0.2) is 0 Å². The molecular weight excluding hydrogens is 219 g/mol. The van der Waals surface area contributed by atoms with Crippen molar-refractivity contribution >= 4 is 24.0 Å². The molecule has 0 atom stereocenters. The Morgan fingerprint density at radius 1 is 1.60 bits per heavy atom. The third-order valence-corrected chi connectivity index (χ3v) is 1.78. The van der Waals surface area contributed by atoms with Gasteiger partial charge in [0.2, 0.25) is 0 Å². The highest BCUT2D eigenvalue weighted by molar-refractivity contribution is 7.80. The first kappa shape index (κ1) is 11.3. The number of nitro groups is 1. The van der Waals surface area contributed by atoms with E-state index in [1.54, 1.807) is 0 Å². The fourth-order valence-corrected chi connectivity index (χ4v) is 1.07. The van der Waals surface area contributed by atoms with Gasteiger partial charge in [0.25, 0.3) is 5.69 Å². The van der Waals surface area contributed by atoms with Crippen LogP contribution >= 0.6 is 12.6 Å². The summed E-state index contributed by atoms with van der Waals surface area (Å²) in [4.78, 5) is 9.75. The number of nitro benzene ring substituents is 1. The van der Waals surface area contributed by atoms with Gasteiger partial charge in [-0.15, -0.1) is 0 Å². The highest BCUT2D eigenvalue weighted by atomic mass is 32.1. The van der Waals surface area contributed by atoms with Gasteiger partial charge in [-0.1, -0.05) is 11.8 Å². The average molecular weight is 226 g/mol. The zero-order valence-electron chi connectivity index (χ0n) is 7.53. The van der Waals surface area contributed by atoms with Gasteiger partial charge in [0.1, 0.15) is 11.5 Å². The van der Waals surface area contributed by atoms with Crippen molar-refractivity contribution in [3.8, 4) is 11.8 Å². The Hall–Kier alpha value is -1.74. The van der Waals surface area contributed by atoms with Crippen molar-refractivity contribution in [2.24, 2.45) is 0 Å². The van der Waals surface area contributed by atoms with Gasteiger partial charge in [-0.25, -0.2) is 4.39 Å². The van der Waals surface area contributed by atoms with E-state index in [1.807, 2.05) is 0 Å². The molecule has 0 amide bonds. The lowest BCUT2D eigenvalue weighted by Gasteiger charge is -2.00. The van der Waals surface area contributed by atoms with Crippen molar-refractivity contribution in [2.75, 3.05) is 11.5 Å². The van der Waals surface area contributed by atoms with Gasteiger partial charge in [-0.3, -0.25) is 10.1 Å². The molecule has 4 nitrogen and oxygen atoms in total. The molecule has 1 rings (SSSR count). The van der Waals surface area contributed by atoms with E-state index >= 15 is 0 Å². The summed E-state index contributed by atoms with van der Waals surface area (Å²) < 4.78 is 12.9. The Morgan fingerprint density at radius 3 is 2.80 bits per heavy atom. The van der Waals surface area contributed by atoms with Crippen LogP contribution in [0, 0.1) is 27.8 Å². The number of halogens is 1. The Morgan fingerprint density at radius 2 is 2.27 bits per heavy atom. The number of anilines is 1. The largest absolute Gasteiger partial charge is 0.392 e. The van der Waals surface area contributed by atoms with Gasteiger partial charge in [0, 0.05) is 0 Å². The zero-order valence-corrected chi connectivity index (χ0v) is 8.42. The second kappa shape index (κ2) is 4.66. The number of rotatable bonds is 1. The van der Waals surface area contributed by atoms with Gasteiger partial charge in [-0.05, 0) is 6.07 Å². The maximum absolute atomic E-state index is 12.9. The van der Waals surface area contributed by atoms with E-state index in [1.165, 1.54) is 0 Å². The molecule has 0 radical (unpaired) electrons. The summed E-state index contributed by atoms with van der Waals surface area (Å²) in [5.41, 5.74) is 4.96. The highest BCUT2D eigenvalue weighted by Gasteiger charge is 2.16. The van der Waals surface area contributed by atoms with E-state index < -0.39 is 16.4 Å². The first-order chi connectivity index (χ1) is 7.06. The van der Waals surface area contributed by atoms with Crippen molar-refractivity contribution in [1.29, 1.82) is 0 Å². The van der Waals surface area contributed by atoms with E-state index in [0.717, 1.165) is 12.1 Å². The third kappa shape index (κ3) is 2.60. The molecule has 0 spiro atoms. The lowest BCUT2D eigenvalue weighted by molar-refractivity contribution is -0.384. The van der Waals surface area contributed by atoms with Crippen molar-refractivity contribution in [1.82, 2.24) is 0 Å². The molecule has 0 aliphatic heterocycles. The number of hydrogen-bond acceptors (Lipinski definition) is 4. The lowest BCUT2D eigenvalue weighted by atomic mass is 10.1. The van der Waals surface area contributed by atoms with Crippen molar-refractivity contribution in [3.63, 3.8) is 0 Å². The van der Waals surface area contributed by atoms with E-state index in [9.17, 15) is 14.5 Å². The van der Waals surface area contributed by atoms with E-state index in [0.29, 0.717) is 0 Å². The molecule has 15 heavy (non-hydrogen) atoms. The van der Waals surface area contributed by atoms with Gasteiger partial charge >= 0.3 is 0 Å². The normalized spacial score (nSPS) is 9.20. The van der Waals surface area contributed by atoms with Crippen molar-refractivity contribution in [3.05, 3.63) is 33.6 Å². The lowest BCUT2D eigenvalue weighted by Crippen LogP contribution is -1.99. The Labute approximate surface area is 90.8 Å². The first-order valence-corrected chi connectivity index (χ1v) is 4.52. The molecular formula is C9H7FN2O2S. The van der Waals surface area contributed by atoms with E-state index in [-0.39, 0.29) is 17.0 Å². The summed E-state index contributed by atoms with van der Waals surface area (Å²) in [6.45, 7) is 0. The predicted octanol–water partition coefficient (Wildman–Crippen LogP) is 1.60. The molecule has 0 saturated heterocycles. The predicted molar refractivity (Wildman–Crippen MR) is 58.2 cm³/mol. The molecule has 0 fully saturated rings. The quantitative estimate of drug-likeness (QED) is 0.251. The van der Waals surface area contributed by atoms with Crippen LogP contribution in [0.15, 0.2) is 12.1 Å². The van der Waals surface area contributed by atoms with Gasteiger partial charge in [-0.2, -0.15) is 12.6 Å². The number of nitrogen functional groups attached to an aromatic ring is 1. The van der Waals surface area contributed by atoms with E-state index in [2.05, 4.69) is 24.5 Å². The van der Waals surface area contributed by atoms with Gasteiger partial charge < -0.3 is 5.73 Å². The monoisotopic (exact) mass is 226 g/mol. The van der Waals surface area contributed by atoms with E-state index in [4.69, 9.17) is 5.73 Å². The van der Waals surface area contributed by atoms with Crippen LogP contribution in [0.25, 0.3) is 0 Å². The maximum atomic E-state index is 12.9. The Balaban J connectivity index is 3.34. The maximum Gasteiger partial charge on any atom is 0.296 e. The zero-order chi connectivity index (χ0) is 11.4. The minimum absolute atomic E-state index is 0.107. The average Bonchev–Trinajstić information content (AvgIpc) is 2.18. The van der Waals surface area contributed by atoms with Crippen LogP contribution in [-0.2, 0) is 0 Å². The molecule has 0 unspecified atom stereocenters. The molecule has 6 heteroatoms. The standard InChI is InChI=1S/C9H7FN2O2S/c10-7-4-6(2-1-3-15)9(11)8(5-7)12(13)14/h4-5,15H,3,11H2. The third-order valence-electron chi connectivity index (χ3n) is 1.62. The molecule has 1 aromatic carbocycles. The van der Waals surface area contributed by atoms with Crippen LogP contribution < -0.4 is 5.73 Å². The van der Waals surface area contributed by atoms with Crippen LogP contribution in [-0.4, -0.2) is 10.7 Å². The molecule has 0 aromatic heterocycles. The molecule has 1 aromatic rings. The summed E-state index contributed by atoms with van der Waals surface area (Å²) in [6.07, 6.45) is 0. The SMILES string of the molecule is Nc1c(C#CCS)cc(F)cc1[N+](=O)[O-]. The summed E-state index contributed by atoms with van der Waals surface area (Å²) in [5.74, 6) is 4.58.